The summed E-state index contributed by atoms with van der Waals surface area (Å²) in [6, 6.07) is 5.45. The molecule has 0 amide bonds. The van der Waals surface area contributed by atoms with Gasteiger partial charge in [-0.15, -0.1) is 0 Å². The summed E-state index contributed by atoms with van der Waals surface area (Å²) in [5.74, 6) is 0.0709. The van der Waals surface area contributed by atoms with Gasteiger partial charge in [0.15, 0.2) is 0 Å². The number of hydrogen-bond donors (Lipinski definition) is 0. The van der Waals surface area contributed by atoms with E-state index in [-0.39, 0.29) is 16.6 Å². The van der Waals surface area contributed by atoms with E-state index >= 15 is 0 Å². The molecular formula is C12H11Cl3O2S. The highest BCUT2D eigenvalue weighted by Crippen LogP contribution is 2.74. The van der Waals surface area contributed by atoms with Crippen LogP contribution in [0.25, 0.3) is 0 Å². The van der Waals surface area contributed by atoms with Crippen LogP contribution in [-0.4, -0.2) is 14.2 Å². The molecule has 0 heterocycles. The van der Waals surface area contributed by atoms with E-state index in [1.54, 1.807) is 12.1 Å². The Morgan fingerprint density at radius 3 is 2.33 bits per heavy atom. The van der Waals surface area contributed by atoms with Crippen LogP contribution in [0.2, 0.25) is 10.0 Å². The Bertz CT molecular complexity index is 604. The molecule has 0 aromatic heterocycles. The molecule has 0 atom stereocenters. The largest absolute Gasteiger partial charge is 0.233 e. The molecular weight excluding hydrogens is 315 g/mol. The Morgan fingerprint density at radius 1 is 1.17 bits per heavy atom. The van der Waals surface area contributed by atoms with Crippen LogP contribution >= 0.6 is 33.9 Å². The molecule has 3 saturated carbocycles. The molecule has 0 N–H and O–H groups in total. The number of hydrogen-bond acceptors (Lipinski definition) is 2. The topological polar surface area (TPSA) is 34.1 Å². The second-order valence-corrected chi connectivity index (χ2v) is 9.24. The van der Waals surface area contributed by atoms with Crippen molar-refractivity contribution in [3.8, 4) is 0 Å². The van der Waals surface area contributed by atoms with Gasteiger partial charge < -0.3 is 0 Å². The maximum absolute atomic E-state index is 11.1. The van der Waals surface area contributed by atoms with E-state index in [2.05, 4.69) is 0 Å². The molecule has 0 radical (unpaired) electrons. The Labute approximate surface area is 121 Å². The summed E-state index contributed by atoms with van der Waals surface area (Å²) in [4.78, 5) is 0. The zero-order chi connectivity index (χ0) is 13.2. The quantitative estimate of drug-likeness (QED) is 0.788. The summed E-state index contributed by atoms with van der Waals surface area (Å²) in [5, 5.41) is 1.37. The first kappa shape index (κ1) is 13.0. The van der Waals surface area contributed by atoms with Gasteiger partial charge in [-0.25, -0.2) is 8.42 Å². The Morgan fingerprint density at radius 2 is 1.78 bits per heavy atom. The second kappa shape index (κ2) is 3.78. The second-order valence-electron chi connectivity index (χ2n) is 5.62. The summed E-state index contributed by atoms with van der Waals surface area (Å²) < 4.78 is 22.3. The van der Waals surface area contributed by atoms with Gasteiger partial charge in [-0.05, 0) is 53.9 Å². The van der Waals surface area contributed by atoms with Gasteiger partial charge in [0.05, 0.1) is 5.75 Å². The van der Waals surface area contributed by atoms with E-state index < -0.39 is 9.05 Å². The van der Waals surface area contributed by atoms with E-state index in [0.717, 1.165) is 24.8 Å². The fourth-order valence-corrected chi connectivity index (χ4v) is 5.93. The zero-order valence-electron chi connectivity index (χ0n) is 9.42. The summed E-state index contributed by atoms with van der Waals surface area (Å²) in [7, 11) is 1.91. The maximum atomic E-state index is 11.1. The standard InChI is InChI=1S/C12H11Cl3O2S/c13-8-1-2-10(14)9(3-8)12-4-11(5-12,6-12)7-18(15,16)17/h1-3H,4-7H2. The molecule has 0 aliphatic heterocycles. The summed E-state index contributed by atoms with van der Waals surface area (Å²) in [6.45, 7) is 0. The minimum atomic E-state index is -3.42. The molecule has 4 rings (SSSR count). The predicted molar refractivity (Wildman–Crippen MR) is 74.1 cm³/mol. The van der Waals surface area contributed by atoms with Crippen LogP contribution in [0.5, 0.6) is 0 Å². The third-order valence-electron chi connectivity index (χ3n) is 4.12. The first-order valence-electron chi connectivity index (χ1n) is 5.62. The molecule has 0 spiro atoms. The Kier molecular flexibility index (Phi) is 2.74. The molecule has 3 aliphatic carbocycles. The van der Waals surface area contributed by atoms with E-state index in [4.69, 9.17) is 33.9 Å². The highest BCUT2D eigenvalue weighted by molar-refractivity contribution is 8.13. The molecule has 18 heavy (non-hydrogen) atoms. The van der Waals surface area contributed by atoms with E-state index in [1.807, 2.05) is 6.07 Å². The molecule has 0 unspecified atom stereocenters. The molecule has 1 aromatic rings. The number of halogens is 3. The minimum absolute atomic E-state index is 0.0313. The van der Waals surface area contributed by atoms with Crippen molar-refractivity contribution in [2.75, 3.05) is 5.75 Å². The molecule has 2 nitrogen and oxygen atoms in total. The minimum Gasteiger partial charge on any atom is -0.212 e. The van der Waals surface area contributed by atoms with Crippen LogP contribution in [0.3, 0.4) is 0 Å². The van der Waals surface area contributed by atoms with Crippen molar-refractivity contribution in [3.05, 3.63) is 33.8 Å². The van der Waals surface area contributed by atoms with Gasteiger partial charge in [0.25, 0.3) is 0 Å². The molecule has 0 saturated heterocycles. The third-order valence-corrected chi connectivity index (χ3v) is 5.97. The van der Waals surface area contributed by atoms with Crippen LogP contribution in [-0.2, 0) is 14.5 Å². The maximum Gasteiger partial charge on any atom is 0.233 e. The summed E-state index contributed by atoms with van der Waals surface area (Å²) in [5.41, 5.74) is 0.959. The highest BCUT2D eigenvalue weighted by Gasteiger charge is 2.69. The fraction of sp³-hybridized carbons (Fsp3) is 0.500. The van der Waals surface area contributed by atoms with Crippen LogP contribution in [0, 0.1) is 5.41 Å². The van der Waals surface area contributed by atoms with Crippen LogP contribution in [0.15, 0.2) is 18.2 Å². The van der Waals surface area contributed by atoms with Gasteiger partial charge in [0.1, 0.15) is 0 Å². The molecule has 3 aliphatic rings. The zero-order valence-corrected chi connectivity index (χ0v) is 12.5. The van der Waals surface area contributed by atoms with Crippen molar-refractivity contribution in [2.45, 2.75) is 24.7 Å². The predicted octanol–water partition coefficient (Wildman–Crippen LogP) is 3.98. The van der Waals surface area contributed by atoms with Crippen molar-refractivity contribution < 1.29 is 8.42 Å². The summed E-state index contributed by atoms with van der Waals surface area (Å²) >= 11 is 12.2. The van der Waals surface area contributed by atoms with Crippen molar-refractivity contribution in [2.24, 2.45) is 5.41 Å². The lowest BCUT2D eigenvalue weighted by atomic mass is 9.34. The van der Waals surface area contributed by atoms with Gasteiger partial charge in [-0.3, -0.25) is 0 Å². The summed E-state index contributed by atoms with van der Waals surface area (Å²) in [6.07, 6.45) is 2.52. The molecule has 6 heteroatoms. The number of rotatable bonds is 3. The van der Waals surface area contributed by atoms with Crippen LogP contribution in [0.1, 0.15) is 24.8 Å². The Hall–Kier alpha value is 0.0400. The molecule has 1 aromatic carbocycles. The number of benzene rings is 1. The van der Waals surface area contributed by atoms with E-state index in [1.165, 1.54) is 0 Å². The lowest BCUT2D eigenvalue weighted by Gasteiger charge is -2.71. The first-order chi connectivity index (χ1) is 8.24. The van der Waals surface area contributed by atoms with Crippen LogP contribution in [0.4, 0.5) is 0 Å². The van der Waals surface area contributed by atoms with Crippen LogP contribution < -0.4 is 0 Å². The van der Waals surface area contributed by atoms with Gasteiger partial charge in [-0.1, -0.05) is 23.2 Å². The third kappa shape index (κ3) is 1.96. The molecule has 2 bridgehead atoms. The van der Waals surface area contributed by atoms with Crippen molar-refractivity contribution in [1.29, 1.82) is 0 Å². The fourth-order valence-electron chi connectivity index (χ4n) is 3.71. The average Bonchev–Trinajstić information content (AvgIpc) is 2.12. The molecule has 98 valence electrons. The van der Waals surface area contributed by atoms with Crippen molar-refractivity contribution >= 4 is 42.9 Å². The monoisotopic (exact) mass is 324 g/mol. The lowest BCUT2D eigenvalue weighted by molar-refractivity contribution is -0.122. The molecule has 3 fully saturated rings. The van der Waals surface area contributed by atoms with E-state index in [0.29, 0.717) is 10.0 Å². The highest BCUT2D eigenvalue weighted by atomic mass is 35.7. The van der Waals surface area contributed by atoms with Gasteiger partial charge in [-0.2, -0.15) is 0 Å². The van der Waals surface area contributed by atoms with Gasteiger partial charge in [0, 0.05) is 20.7 Å². The SMILES string of the molecule is O=S(=O)(Cl)CC12CC(c3cc(Cl)ccc3Cl)(C1)C2. The van der Waals surface area contributed by atoms with Gasteiger partial charge in [0.2, 0.25) is 9.05 Å². The average molecular weight is 326 g/mol. The van der Waals surface area contributed by atoms with Crippen molar-refractivity contribution in [1.82, 2.24) is 0 Å². The van der Waals surface area contributed by atoms with Crippen molar-refractivity contribution in [3.63, 3.8) is 0 Å². The van der Waals surface area contributed by atoms with Gasteiger partial charge >= 0.3 is 0 Å². The first-order valence-corrected chi connectivity index (χ1v) is 8.85. The Balaban J connectivity index is 1.82. The lowest BCUT2D eigenvalue weighted by Crippen LogP contribution is -2.66. The smallest absolute Gasteiger partial charge is 0.212 e. The normalized spacial score (nSPS) is 33.7. The van der Waals surface area contributed by atoms with E-state index in [9.17, 15) is 8.42 Å².